The second-order valence-electron chi connectivity index (χ2n) is 9.55. The van der Waals surface area contributed by atoms with Gasteiger partial charge in [-0.25, -0.2) is 4.98 Å². The van der Waals surface area contributed by atoms with Gasteiger partial charge in [0, 0.05) is 45.6 Å². The highest BCUT2D eigenvalue weighted by atomic mass is 16.5. The molecule has 1 N–H and O–H groups in total. The number of rotatable bonds is 11. The summed E-state index contributed by atoms with van der Waals surface area (Å²) in [6, 6.07) is 17.7. The second-order valence-corrected chi connectivity index (χ2v) is 9.55. The van der Waals surface area contributed by atoms with E-state index in [1.54, 1.807) is 14.7 Å². The minimum Gasteiger partial charge on any atom is -0.365 e. The van der Waals surface area contributed by atoms with Crippen LogP contribution in [0.5, 0.6) is 0 Å². The molecule has 3 amide bonds. The van der Waals surface area contributed by atoms with Crippen molar-refractivity contribution < 1.29 is 19.1 Å². The van der Waals surface area contributed by atoms with Gasteiger partial charge in [0.1, 0.15) is 12.4 Å². The maximum atomic E-state index is 13.2. The number of H-pyrrole nitrogens is 1. The molecule has 4 rings (SSSR count). The number of aromatic nitrogens is 2. The Morgan fingerprint density at radius 1 is 1.03 bits per heavy atom. The van der Waals surface area contributed by atoms with Gasteiger partial charge in [-0.15, -0.1) is 0 Å². The highest BCUT2D eigenvalue weighted by Crippen LogP contribution is 2.15. The SMILES string of the molecule is CCN(CC)C(=O)CO[C@H]1CN(CCc2ccccc2)C(=O)CN(C(=O)CCc2nc3ccccc3[nH]2)C1. The summed E-state index contributed by atoms with van der Waals surface area (Å²) in [5, 5.41) is 0. The quantitative estimate of drug-likeness (QED) is 0.420. The lowest BCUT2D eigenvalue weighted by molar-refractivity contribution is -0.139. The van der Waals surface area contributed by atoms with Gasteiger partial charge in [0.05, 0.1) is 23.7 Å². The van der Waals surface area contributed by atoms with E-state index in [1.165, 1.54) is 0 Å². The summed E-state index contributed by atoms with van der Waals surface area (Å²) < 4.78 is 6.03. The molecule has 38 heavy (non-hydrogen) atoms. The lowest BCUT2D eigenvalue weighted by Gasteiger charge is -2.26. The third kappa shape index (κ3) is 7.19. The minimum absolute atomic E-state index is 0.00238. The average molecular weight is 520 g/mol. The monoisotopic (exact) mass is 519 g/mol. The van der Waals surface area contributed by atoms with Crippen molar-refractivity contribution in [1.29, 1.82) is 0 Å². The first kappa shape index (κ1) is 27.3. The summed E-state index contributed by atoms with van der Waals surface area (Å²) in [4.78, 5) is 51.9. The predicted octanol–water partition coefficient (Wildman–Crippen LogP) is 2.66. The minimum atomic E-state index is -0.452. The zero-order chi connectivity index (χ0) is 26.9. The summed E-state index contributed by atoms with van der Waals surface area (Å²) in [7, 11) is 0. The van der Waals surface area contributed by atoms with Crippen LogP contribution in [0.4, 0.5) is 0 Å². The predicted molar refractivity (Wildman–Crippen MR) is 145 cm³/mol. The number of nitrogens with one attached hydrogen (secondary N) is 1. The summed E-state index contributed by atoms with van der Waals surface area (Å²) in [6.07, 6.45) is 0.925. The molecule has 2 aromatic carbocycles. The Balaban J connectivity index is 1.42. The van der Waals surface area contributed by atoms with Crippen LogP contribution in [0.1, 0.15) is 31.7 Å². The summed E-state index contributed by atoms with van der Waals surface area (Å²) in [5.41, 5.74) is 2.93. The van der Waals surface area contributed by atoms with E-state index in [9.17, 15) is 14.4 Å². The lowest BCUT2D eigenvalue weighted by atomic mass is 10.1. The number of aromatic amines is 1. The van der Waals surface area contributed by atoms with Crippen molar-refractivity contribution in [2.75, 3.05) is 45.9 Å². The molecular weight excluding hydrogens is 482 g/mol. The number of fused-ring (bicyclic) bond motifs is 1. The molecule has 202 valence electrons. The maximum Gasteiger partial charge on any atom is 0.248 e. The van der Waals surface area contributed by atoms with Crippen LogP contribution in [0.2, 0.25) is 0 Å². The molecule has 1 atom stereocenters. The van der Waals surface area contributed by atoms with Crippen molar-refractivity contribution in [1.82, 2.24) is 24.7 Å². The van der Waals surface area contributed by atoms with Crippen LogP contribution in [0.3, 0.4) is 0 Å². The van der Waals surface area contributed by atoms with Gasteiger partial charge >= 0.3 is 0 Å². The highest BCUT2D eigenvalue weighted by molar-refractivity contribution is 5.85. The summed E-state index contributed by atoms with van der Waals surface area (Å²) in [6.45, 7) is 6.12. The first-order valence-corrected chi connectivity index (χ1v) is 13.4. The topological polar surface area (TPSA) is 98.8 Å². The van der Waals surface area contributed by atoms with E-state index in [-0.39, 0.29) is 43.8 Å². The van der Waals surface area contributed by atoms with Gasteiger partial charge in [0.2, 0.25) is 17.7 Å². The van der Waals surface area contributed by atoms with E-state index in [0.29, 0.717) is 39.0 Å². The molecule has 2 heterocycles. The molecule has 1 fully saturated rings. The molecule has 1 aromatic heterocycles. The van der Waals surface area contributed by atoms with E-state index in [0.717, 1.165) is 22.4 Å². The van der Waals surface area contributed by atoms with Gasteiger partial charge in [0.25, 0.3) is 0 Å². The summed E-state index contributed by atoms with van der Waals surface area (Å²) >= 11 is 0. The first-order chi connectivity index (χ1) is 18.5. The molecule has 9 nitrogen and oxygen atoms in total. The second kappa shape index (κ2) is 13.2. The number of imidazole rings is 1. The van der Waals surface area contributed by atoms with Crippen molar-refractivity contribution in [2.45, 2.75) is 39.2 Å². The molecule has 1 saturated heterocycles. The number of nitrogens with zero attached hydrogens (tertiary/aromatic N) is 4. The third-order valence-electron chi connectivity index (χ3n) is 6.97. The van der Waals surface area contributed by atoms with E-state index in [4.69, 9.17) is 4.74 Å². The van der Waals surface area contributed by atoms with Crippen LogP contribution >= 0.6 is 0 Å². The average Bonchev–Trinajstić information content (AvgIpc) is 3.28. The van der Waals surface area contributed by atoms with Crippen LogP contribution in [0.25, 0.3) is 11.0 Å². The molecule has 1 aliphatic heterocycles. The van der Waals surface area contributed by atoms with Crippen molar-refractivity contribution >= 4 is 28.8 Å². The van der Waals surface area contributed by atoms with Crippen LogP contribution in [0, 0.1) is 0 Å². The lowest BCUT2D eigenvalue weighted by Crippen LogP contribution is -2.41. The standard InChI is InChI=1S/C29H37N5O4/c1-3-32(4-2)29(37)21-38-23-18-33(17-16-22-10-6-5-7-11-22)28(36)20-34(19-23)27(35)15-14-26-30-24-12-8-9-13-25(24)31-26/h5-13,23H,3-4,14-21H2,1-2H3,(H,30,31)/t23-/m0/s1. The smallest absolute Gasteiger partial charge is 0.248 e. The zero-order valence-corrected chi connectivity index (χ0v) is 22.3. The molecule has 0 bridgehead atoms. The van der Waals surface area contributed by atoms with Crippen molar-refractivity contribution in [3.05, 3.63) is 66.0 Å². The maximum absolute atomic E-state index is 13.2. The molecule has 0 saturated carbocycles. The number of aryl methyl sites for hydroxylation is 1. The van der Waals surface area contributed by atoms with Crippen LogP contribution in [-0.2, 0) is 32.0 Å². The molecule has 0 aliphatic carbocycles. The number of carbonyl (C=O) groups excluding carboxylic acids is 3. The number of benzene rings is 2. The fourth-order valence-corrected chi connectivity index (χ4v) is 4.76. The van der Waals surface area contributed by atoms with Gasteiger partial charge in [-0.05, 0) is 38.0 Å². The van der Waals surface area contributed by atoms with Crippen molar-refractivity contribution in [3.63, 3.8) is 0 Å². The van der Waals surface area contributed by atoms with Crippen molar-refractivity contribution in [2.24, 2.45) is 0 Å². The number of amides is 3. The molecule has 0 unspecified atom stereocenters. The number of hydrogen-bond acceptors (Lipinski definition) is 5. The van der Waals surface area contributed by atoms with Gasteiger partial charge in [-0.3, -0.25) is 14.4 Å². The number of likely N-dealkylation sites (N-methyl/N-ethyl adjacent to an activating group) is 1. The Kier molecular flexibility index (Phi) is 9.48. The normalized spacial score (nSPS) is 16.1. The van der Waals surface area contributed by atoms with Crippen LogP contribution in [0.15, 0.2) is 54.6 Å². The molecule has 1 aliphatic rings. The van der Waals surface area contributed by atoms with Crippen LogP contribution < -0.4 is 0 Å². The van der Waals surface area contributed by atoms with E-state index in [1.807, 2.05) is 68.4 Å². The van der Waals surface area contributed by atoms with Crippen molar-refractivity contribution in [3.8, 4) is 0 Å². The van der Waals surface area contributed by atoms with E-state index in [2.05, 4.69) is 9.97 Å². The van der Waals surface area contributed by atoms with Gasteiger partial charge in [-0.2, -0.15) is 0 Å². The van der Waals surface area contributed by atoms with Gasteiger partial charge in [0.15, 0.2) is 0 Å². The molecule has 3 aromatic rings. The molecule has 0 radical (unpaired) electrons. The van der Waals surface area contributed by atoms with Gasteiger partial charge < -0.3 is 24.4 Å². The number of ether oxygens (including phenoxy) is 1. The molecule has 9 heteroatoms. The number of carbonyl (C=O) groups is 3. The third-order valence-corrected chi connectivity index (χ3v) is 6.97. The van der Waals surface area contributed by atoms with Gasteiger partial charge in [-0.1, -0.05) is 42.5 Å². The Morgan fingerprint density at radius 3 is 2.50 bits per heavy atom. The fourth-order valence-electron chi connectivity index (χ4n) is 4.76. The number of para-hydroxylation sites is 2. The Labute approximate surface area is 223 Å². The first-order valence-electron chi connectivity index (χ1n) is 13.4. The highest BCUT2D eigenvalue weighted by Gasteiger charge is 2.31. The fraction of sp³-hybridized carbons (Fsp3) is 0.448. The van der Waals surface area contributed by atoms with E-state index >= 15 is 0 Å². The molecule has 0 spiro atoms. The van der Waals surface area contributed by atoms with E-state index < -0.39 is 6.10 Å². The summed E-state index contributed by atoms with van der Waals surface area (Å²) in [5.74, 6) is 0.401. The van der Waals surface area contributed by atoms with Crippen LogP contribution in [-0.4, -0.2) is 94.4 Å². The Hall–Kier alpha value is -3.72. The largest absolute Gasteiger partial charge is 0.365 e. The number of hydrogen-bond donors (Lipinski definition) is 1. The molecular formula is C29H37N5O4. The Bertz CT molecular complexity index is 1190. The Morgan fingerprint density at radius 2 is 1.76 bits per heavy atom. The zero-order valence-electron chi connectivity index (χ0n) is 22.3.